The third-order valence-electron chi connectivity index (χ3n) is 5.11. The molecule has 1 fully saturated rings. The number of aliphatic hydroxyl groups is 1. The molecule has 0 saturated heterocycles. The quantitative estimate of drug-likeness (QED) is 0.825. The van der Waals surface area contributed by atoms with Crippen molar-refractivity contribution < 1.29 is 22.3 Å². The van der Waals surface area contributed by atoms with Crippen molar-refractivity contribution in [3.63, 3.8) is 0 Å². The molecule has 0 heterocycles. The summed E-state index contributed by atoms with van der Waals surface area (Å²) in [5.41, 5.74) is 0.579. The molecule has 146 valence electrons. The van der Waals surface area contributed by atoms with Crippen molar-refractivity contribution >= 4 is 10.0 Å². The summed E-state index contributed by atoms with van der Waals surface area (Å²) < 4.78 is 55.2. The van der Waals surface area contributed by atoms with Gasteiger partial charge >= 0.3 is 0 Å². The summed E-state index contributed by atoms with van der Waals surface area (Å²) in [7, 11) is -3.72. The van der Waals surface area contributed by atoms with Crippen LogP contribution in [0.3, 0.4) is 0 Å². The molecule has 2 aromatic carbocycles. The van der Waals surface area contributed by atoms with Crippen LogP contribution in [0.25, 0.3) is 11.1 Å². The van der Waals surface area contributed by atoms with Crippen LogP contribution in [-0.2, 0) is 10.0 Å². The van der Waals surface area contributed by atoms with Crippen LogP contribution in [0.4, 0.5) is 8.78 Å². The Balaban J connectivity index is 1.82. The molecule has 0 amide bonds. The van der Waals surface area contributed by atoms with E-state index in [1.807, 2.05) is 0 Å². The first-order valence-electron chi connectivity index (χ1n) is 8.88. The van der Waals surface area contributed by atoms with Gasteiger partial charge in [-0.1, -0.05) is 6.07 Å². The SMILES string of the molecule is Cc1cc(S(=O)(=O)NC2CCC(C)(O)CC2)ccc1-c1ccc(F)cc1F. The summed E-state index contributed by atoms with van der Waals surface area (Å²) in [5, 5.41) is 9.99. The van der Waals surface area contributed by atoms with E-state index in [-0.39, 0.29) is 16.5 Å². The summed E-state index contributed by atoms with van der Waals surface area (Å²) >= 11 is 0. The molecule has 1 saturated carbocycles. The Morgan fingerprint density at radius 1 is 1.07 bits per heavy atom. The Labute approximate surface area is 158 Å². The van der Waals surface area contributed by atoms with Gasteiger partial charge in [-0.3, -0.25) is 0 Å². The maximum absolute atomic E-state index is 14.0. The number of hydrogen-bond acceptors (Lipinski definition) is 3. The van der Waals surface area contributed by atoms with Crippen molar-refractivity contribution in [3.8, 4) is 11.1 Å². The van der Waals surface area contributed by atoms with E-state index in [1.54, 1.807) is 13.8 Å². The van der Waals surface area contributed by atoms with E-state index >= 15 is 0 Å². The standard InChI is InChI=1S/C20H23F2NO3S/c1-13-11-16(4-6-17(13)18-5-3-14(21)12-19(18)22)27(25,26)23-15-7-9-20(2,24)10-8-15/h3-6,11-12,15,23-24H,7-10H2,1-2H3. The smallest absolute Gasteiger partial charge is 0.240 e. The molecule has 1 aliphatic rings. The van der Waals surface area contributed by atoms with Crippen molar-refractivity contribution in [1.82, 2.24) is 4.72 Å². The van der Waals surface area contributed by atoms with Crippen LogP contribution >= 0.6 is 0 Å². The van der Waals surface area contributed by atoms with E-state index in [9.17, 15) is 22.3 Å². The average molecular weight is 395 g/mol. The molecule has 7 heteroatoms. The molecule has 0 aromatic heterocycles. The molecule has 2 aromatic rings. The Morgan fingerprint density at radius 3 is 2.30 bits per heavy atom. The zero-order valence-corrected chi connectivity index (χ0v) is 16.1. The molecular formula is C20H23F2NO3S. The van der Waals surface area contributed by atoms with Gasteiger partial charge in [0.1, 0.15) is 11.6 Å². The molecule has 0 unspecified atom stereocenters. The minimum Gasteiger partial charge on any atom is -0.390 e. The van der Waals surface area contributed by atoms with E-state index in [0.29, 0.717) is 36.8 Å². The van der Waals surface area contributed by atoms with Crippen LogP contribution in [-0.4, -0.2) is 25.2 Å². The number of nitrogens with one attached hydrogen (secondary N) is 1. The largest absolute Gasteiger partial charge is 0.390 e. The predicted octanol–water partition coefficient (Wildman–Crippen LogP) is 3.91. The van der Waals surface area contributed by atoms with E-state index < -0.39 is 27.3 Å². The highest BCUT2D eigenvalue weighted by molar-refractivity contribution is 7.89. The zero-order chi connectivity index (χ0) is 19.8. The predicted molar refractivity (Wildman–Crippen MR) is 99.7 cm³/mol. The van der Waals surface area contributed by atoms with Gasteiger partial charge in [0.15, 0.2) is 0 Å². The fourth-order valence-electron chi connectivity index (χ4n) is 3.46. The molecule has 0 bridgehead atoms. The first kappa shape index (κ1) is 19.9. The van der Waals surface area contributed by atoms with E-state index in [2.05, 4.69) is 4.72 Å². The van der Waals surface area contributed by atoms with Gasteiger partial charge in [-0.05, 0) is 74.9 Å². The fraction of sp³-hybridized carbons (Fsp3) is 0.400. The Hall–Kier alpha value is -1.83. The van der Waals surface area contributed by atoms with Gasteiger partial charge in [-0.25, -0.2) is 21.9 Å². The highest BCUT2D eigenvalue weighted by Gasteiger charge is 2.31. The number of aryl methyl sites for hydroxylation is 1. The lowest BCUT2D eigenvalue weighted by atomic mass is 9.84. The van der Waals surface area contributed by atoms with Gasteiger partial charge in [0.05, 0.1) is 10.5 Å². The van der Waals surface area contributed by atoms with E-state index in [0.717, 1.165) is 6.07 Å². The van der Waals surface area contributed by atoms with Gasteiger partial charge in [0.2, 0.25) is 10.0 Å². The Bertz CT molecular complexity index is 948. The first-order valence-corrected chi connectivity index (χ1v) is 10.4. The van der Waals surface area contributed by atoms with Crippen molar-refractivity contribution in [2.45, 2.75) is 56.1 Å². The molecular weight excluding hydrogens is 372 g/mol. The molecule has 1 aliphatic carbocycles. The van der Waals surface area contributed by atoms with E-state index in [1.165, 1.54) is 30.3 Å². The van der Waals surface area contributed by atoms with Crippen molar-refractivity contribution in [2.24, 2.45) is 0 Å². The van der Waals surface area contributed by atoms with E-state index in [4.69, 9.17) is 0 Å². The first-order chi connectivity index (χ1) is 12.6. The van der Waals surface area contributed by atoms with Gasteiger partial charge in [0.25, 0.3) is 0 Å². The third-order valence-corrected chi connectivity index (χ3v) is 6.63. The highest BCUT2D eigenvalue weighted by Crippen LogP contribution is 2.30. The monoisotopic (exact) mass is 395 g/mol. The van der Waals surface area contributed by atoms with Crippen LogP contribution in [0.1, 0.15) is 38.2 Å². The molecule has 0 atom stereocenters. The van der Waals surface area contributed by atoms with Crippen LogP contribution in [0.2, 0.25) is 0 Å². The molecule has 4 nitrogen and oxygen atoms in total. The van der Waals surface area contributed by atoms with Crippen LogP contribution in [0.5, 0.6) is 0 Å². The topological polar surface area (TPSA) is 66.4 Å². The number of hydrogen-bond donors (Lipinski definition) is 2. The number of sulfonamides is 1. The third kappa shape index (κ3) is 4.54. The van der Waals surface area contributed by atoms with Crippen LogP contribution < -0.4 is 4.72 Å². The minimum absolute atomic E-state index is 0.101. The number of halogens is 2. The Morgan fingerprint density at radius 2 is 1.70 bits per heavy atom. The summed E-state index contributed by atoms with van der Waals surface area (Å²) in [5.74, 6) is -1.36. The average Bonchev–Trinajstić information content (AvgIpc) is 2.57. The lowest BCUT2D eigenvalue weighted by Crippen LogP contribution is -2.42. The van der Waals surface area contributed by atoms with Crippen molar-refractivity contribution in [3.05, 3.63) is 53.6 Å². The summed E-state index contributed by atoms with van der Waals surface area (Å²) in [6, 6.07) is 7.54. The molecule has 27 heavy (non-hydrogen) atoms. The minimum atomic E-state index is -3.72. The maximum Gasteiger partial charge on any atom is 0.240 e. The normalized spacial score (nSPS) is 23.4. The summed E-state index contributed by atoms with van der Waals surface area (Å²) in [4.78, 5) is 0.101. The summed E-state index contributed by atoms with van der Waals surface area (Å²) in [6.07, 6.45) is 2.23. The fourth-order valence-corrected chi connectivity index (χ4v) is 4.85. The number of rotatable bonds is 4. The second kappa shape index (κ2) is 7.30. The highest BCUT2D eigenvalue weighted by atomic mass is 32.2. The Kier molecular flexibility index (Phi) is 5.38. The second-order valence-corrected chi connectivity index (χ2v) is 9.21. The molecule has 3 rings (SSSR count). The molecule has 0 aliphatic heterocycles. The van der Waals surface area contributed by atoms with Crippen LogP contribution in [0.15, 0.2) is 41.3 Å². The molecule has 0 radical (unpaired) electrons. The lowest BCUT2D eigenvalue weighted by Gasteiger charge is -2.33. The van der Waals surface area contributed by atoms with Crippen molar-refractivity contribution in [1.29, 1.82) is 0 Å². The molecule has 2 N–H and O–H groups in total. The van der Waals surface area contributed by atoms with Gasteiger partial charge in [-0.15, -0.1) is 0 Å². The second-order valence-electron chi connectivity index (χ2n) is 7.49. The van der Waals surface area contributed by atoms with Gasteiger partial charge in [-0.2, -0.15) is 0 Å². The van der Waals surface area contributed by atoms with Gasteiger partial charge in [0, 0.05) is 17.7 Å². The lowest BCUT2D eigenvalue weighted by molar-refractivity contribution is 0.0163. The van der Waals surface area contributed by atoms with Gasteiger partial charge < -0.3 is 5.11 Å². The maximum atomic E-state index is 14.0. The molecule has 0 spiro atoms. The zero-order valence-electron chi connectivity index (χ0n) is 15.3. The van der Waals surface area contributed by atoms with Crippen LogP contribution in [0, 0.1) is 18.6 Å². The summed E-state index contributed by atoms with van der Waals surface area (Å²) in [6.45, 7) is 3.45. The number of benzene rings is 2. The van der Waals surface area contributed by atoms with Crippen molar-refractivity contribution in [2.75, 3.05) is 0 Å².